The zero-order chi connectivity index (χ0) is 44.9. The number of aromatic nitrogens is 6. The first kappa shape index (κ1) is 42.5. The van der Waals surface area contributed by atoms with Gasteiger partial charge in [-0.05, 0) is 75.3 Å². The highest BCUT2D eigenvalue weighted by Gasteiger charge is 2.47. The van der Waals surface area contributed by atoms with Crippen LogP contribution in [0.4, 0.5) is 26.0 Å². The van der Waals surface area contributed by atoms with Crippen LogP contribution < -0.4 is 25.8 Å². The molecule has 3 aliphatic heterocycles. The van der Waals surface area contributed by atoms with Crippen LogP contribution in [0.25, 0.3) is 28.0 Å². The molecule has 1 atom stereocenters. The molecule has 0 unspecified atom stereocenters. The van der Waals surface area contributed by atoms with Crippen LogP contribution in [0.5, 0.6) is 0 Å². The molecule has 4 aromatic heterocycles. The van der Waals surface area contributed by atoms with Crippen LogP contribution >= 0.6 is 0 Å². The number of piperidine rings is 2. The van der Waals surface area contributed by atoms with E-state index in [4.69, 9.17) is 9.97 Å². The van der Waals surface area contributed by atoms with Gasteiger partial charge in [0.2, 0.25) is 17.7 Å². The molecule has 0 radical (unpaired) electrons. The van der Waals surface area contributed by atoms with Gasteiger partial charge in [0.25, 0.3) is 0 Å². The van der Waals surface area contributed by atoms with Gasteiger partial charge in [-0.15, -0.1) is 0 Å². The van der Waals surface area contributed by atoms with E-state index in [2.05, 4.69) is 48.9 Å². The molecule has 5 fully saturated rings. The number of anilines is 3. The van der Waals surface area contributed by atoms with Crippen LogP contribution in [0, 0.1) is 22.6 Å². The standard InChI is InChI=1S/C47H53F2N13O3/c1-2-46(45(65)55-33-4-3-5-33)12-14-60(15-13-46)40-10-6-30(24-51-40)42-43-31(23-50)25-53-62(43)28-38(56-42)32-26-52-61(27-32)35-21-47(49,22-35)29-58-16-18-59(19-17-58)39-9-7-34(20-36(39)48)54-37-8-11-41(63)57-44(37)64/h6-7,9-10,20,24-28,33,35,37,54H,2-5,8,11-19,21-22,29H2,1H3,(H,55,65)(H,57,63,64)/t35-,37-,47+/m1/s1. The Kier molecular flexibility index (Phi) is 11.2. The number of amides is 3. The van der Waals surface area contributed by atoms with Crippen molar-refractivity contribution in [1.29, 1.82) is 5.26 Å². The molecule has 1 aromatic carbocycles. The number of carbonyl (C=O) groups is 3. The molecule has 3 amide bonds. The Bertz CT molecular complexity index is 2650. The van der Waals surface area contributed by atoms with E-state index in [1.54, 1.807) is 39.9 Å². The Morgan fingerprint density at radius 1 is 0.954 bits per heavy atom. The van der Waals surface area contributed by atoms with E-state index in [0.29, 0.717) is 85.3 Å². The zero-order valence-corrected chi connectivity index (χ0v) is 36.5. The van der Waals surface area contributed by atoms with Crippen molar-refractivity contribution in [2.45, 2.75) is 94.9 Å². The third-order valence-electron chi connectivity index (χ3n) is 14.5. The molecule has 2 aliphatic carbocycles. The normalized spacial score (nSPS) is 23.7. The molecule has 18 heteroatoms. The second kappa shape index (κ2) is 17.1. The van der Waals surface area contributed by atoms with Crippen LogP contribution in [0.2, 0.25) is 0 Å². The van der Waals surface area contributed by atoms with Gasteiger partial charge in [-0.25, -0.2) is 23.3 Å². The summed E-state index contributed by atoms with van der Waals surface area (Å²) >= 11 is 0. The summed E-state index contributed by atoms with van der Waals surface area (Å²) in [6, 6.07) is 10.6. The average Bonchev–Trinajstić information content (AvgIpc) is 3.96. The van der Waals surface area contributed by atoms with Gasteiger partial charge < -0.3 is 20.4 Å². The molecule has 10 rings (SSSR count). The highest BCUT2D eigenvalue weighted by atomic mass is 19.1. The largest absolute Gasteiger partial charge is 0.374 e. The Morgan fingerprint density at radius 3 is 2.43 bits per heavy atom. The topological polar surface area (TPSA) is 182 Å². The molecule has 16 nitrogen and oxygen atoms in total. The molecule has 5 aromatic rings. The first-order chi connectivity index (χ1) is 31.5. The van der Waals surface area contributed by atoms with Crippen LogP contribution in [-0.4, -0.2) is 116 Å². The van der Waals surface area contributed by atoms with Crippen LogP contribution in [0.3, 0.4) is 0 Å². The summed E-state index contributed by atoms with van der Waals surface area (Å²) in [7, 11) is 0. The molecule has 65 heavy (non-hydrogen) atoms. The fourth-order valence-electron chi connectivity index (χ4n) is 10.1. The van der Waals surface area contributed by atoms with E-state index in [1.807, 2.05) is 23.2 Å². The van der Waals surface area contributed by atoms with Crippen LogP contribution in [-0.2, 0) is 14.4 Å². The van der Waals surface area contributed by atoms with E-state index >= 15 is 8.78 Å². The minimum atomic E-state index is -1.38. The van der Waals surface area contributed by atoms with Crippen molar-refractivity contribution in [2.24, 2.45) is 5.41 Å². The number of carbonyl (C=O) groups excluding carboxylic acids is 3. The second-order valence-corrected chi connectivity index (χ2v) is 18.6. The predicted molar refractivity (Wildman–Crippen MR) is 239 cm³/mol. The number of imide groups is 1. The number of alkyl halides is 1. The number of hydrogen-bond donors (Lipinski definition) is 3. The average molecular weight is 886 g/mol. The molecular formula is C47H53F2N13O3. The molecule has 2 saturated carbocycles. The number of hydrogen-bond acceptors (Lipinski definition) is 12. The number of halogens is 2. The highest BCUT2D eigenvalue weighted by Crippen LogP contribution is 2.45. The Hall–Kier alpha value is -6.48. The monoisotopic (exact) mass is 885 g/mol. The first-order valence-corrected chi connectivity index (χ1v) is 22.9. The van der Waals surface area contributed by atoms with E-state index in [1.165, 1.54) is 18.7 Å². The van der Waals surface area contributed by atoms with Crippen molar-refractivity contribution in [3.05, 3.63) is 72.7 Å². The van der Waals surface area contributed by atoms with Crippen molar-refractivity contribution >= 4 is 40.4 Å². The third kappa shape index (κ3) is 8.37. The number of nitrogens with zero attached hydrogens (tertiary/aromatic N) is 10. The maximum absolute atomic E-state index is 16.2. The molecule has 3 saturated heterocycles. The number of nitriles is 1. The maximum atomic E-state index is 16.2. The van der Waals surface area contributed by atoms with Gasteiger partial charge in [-0.2, -0.15) is 15.5 Å². The lowest BCUT2D eigenvalue weighted by atomic mass is 9.74. The second-order valence-electron chi connectivity index (χ2n) is 18.6. The Morgan fingerprint density at radius 2 is 1.75 bits per heavy atom. The van der Waals surface area contributed by atoms with Gasteiger partial charge in [-0.3, -0.25) is 29.3 Å². The minimum Gasteiger partial charge on any atom is -0.374 e. The third-order valence-corrected chi connectivity index (χ3v) is 14.5. The Balaban J connectivity index is 0.755. The fourth-order valence-corrected chi connectivity index (χ4v) is 10.1. The lowest BCUT2D eigenvalue weighted by Gasteiger charge is -2.46. The quantitative estimate of drug-likeness (QED) is 0.136. The van der Waals surface area contributed by atoms with Gasteiger partial charge >= 0.3 is 0 Å². The predicted octanol–water partition coefficient (Wildman–Crippen LogP) is 5.41. The summed E-state index contributed by atoms with van der Waals surface area (Å²) in [5.41, 5.74) is 2.80. The fraction of sp³-hybridized carbons (Fsp3) is 0.489. The summed E-state index contributed by atoms with van der Waals surface area (Å²) < 4.78 is 34.9. The van der Waals surface area contributed by atoms with Crippen molar-refractivity contribution < 1.29 is 23.2 Å². The van der Waals surface area contributed by atoms with Crippen molar-refractivity contribution in [3.63, 3.8) is 0 Å². The smallest absolute Gasteiger partial charge is 0.249 e. The molecule has 7 heterocycles. The summed E-state index contributed by atoms with van der Waals surface area (Å²) in [6.45, 7) is 6.13. The van der Waals surface area contributed by atoms with Gasteiger partial charge in [-0.1, -0.05) is 6.92 Å². The number of piperazine rings is 1. The number of rotatable bonds is 12. The van der Waals surface area contributed by atoms with Gasteiger partial charge in [0.05, 0.1) is 47.1 Å². The summed E-state index contributed by atoms with van der Waals surface area (Å²) in [5, 5.41) is 27.7. The van der Waals surface area contributed by atoms with Gasteiger partial charge in [0, 0.05) is 100 Å². The number of fused-ring (bicyclic) bond motifs is 1. The van der Waals surface area contributed by atoms with Crippen molar-refractivity contribution in [2.75, 3.05) is 60.9 Å². The molecular weight excluding hydrogens is 833 g/mol. The SMILES string of the molecule is CCC1(C(=O)NC2CCC2)CCN(c2ccc(-c3nc(-c4cnn([C@H]5C[C@](F)(CN6CCN(c7ccc(N[C@@H]8CCC(=O)NC8=O)cc7F)CC6)C5)c4)cn4ncc(C#N)c34)cn2)CC1. The number of pyridine rings is 1. The van der Waals surface area contributed by atoms with Crippen molar-refractivity contribution in [3.8, 4) is 28.6 Å². The first-order valence-electron chi connectivity index (χ1n) is 22.9. The lowest BCUT2D eigenvalue weighted by molar-refractivity contribution is -0.134. The summed E-state index contributed by atoms with van der Waals surface area (Å²) in [4.78, 5) is 53.1. The Labute approximate surface area is 375 Å². The lowest BCUT2D eigenvalue weighted by Crippen LogP contribution is -2.54. The minimum absolute atomic E-state index is 0.124. The summed E-state index contributed by atoms with van der Waals surface area (Å²) in [6.07, 6.45) is 15.6. The maximum Gasteiger partial charge on any atom is 0.249 e. The van der Waals surface area contributed by atoms with E-state index < -0.39 is 23.4 Å². The molecule has 3 N–H and O–H groups in total. The summed E-state index contributed by atoms with van der Waals surface area (Å²) in [5.74, 6) is -0.111. The van der Waals surface area contributed by atoms with Gasteiger partial charge in [0.15, 0.2) is 0 Å². The molecule has 338 valence electrons. The zero-order valence-electron chi connectivity index (χ0n) is 36.5. The molecule has 0 bridgehead atoms. The van der Waals surface area contributed by atoms with E-state index in [0.717, 1.165) is 62.1 Å². The van der Waals surface area contributed by atoms with E-state index in [9.17, 15) is 19.6 Å². The van der Waals surface area contributed by atoms with Crippen molar-refractivity contribution in [1.82, 2.24) is 44.9 Å². The molecule has 5 aliphatic rings. The number of benzene rings is 1. The molecule has 0 spiro atoms. The van der Waals surface area contributed by atoms with Gasteiger partial charge in [0.1, 0.15) is 40.5 Å². The van der Waals surface area contributed by atoms with Crippen LogP contribution in [0.15, 0.2) is 61.3 Å². The van der Waals surface area contributed by atoms with Crippen LogP contribution in [0.1, 0.15) is 82.7 Å². The van der Waals surface area contributed by atoms with E-state index in [-0.39, 0.29) is 36.2 Å². The highest BCUT2D eigenvalue weighted by molar-refractivity contribution is 6.01. The number of nitrogens with one attached hydrogen (secondary N) is 3.